The molecular formula is C21H23N3S. The second-order valence-corrected chi connectivity index (χ2v) is 8.24. The van der Waals surface area contributed by atoms with Crippen molar-refractivity contribution in [1.29, 1.82) is 0 Å². The molecule has 0 atom stereocenters. The minimum absolute atomic E-state index is 0.167. The van der Waals surface area contributed by atoms with Gasteiger partial charge in [0, 0.05) is 10.4 Å². The molecule has 1 heterocycles. The van der Waals surface area contributed by atoms with E-state index in [0.717, 1.165) is 22.0 Å². The maximum atomic E-state index is 4.65. The Morgan fingerprint density at radius 3 is 2.32 bits per heavy atom. The molecule has 4 heteroatoms. The van der Waals surface area contributed by atoms with Crippen LogP contribution in [0.3, 0.4) is 0 Å². The van der Waals surface area contributed by atoms with Gasteiger partial charge in [0.2, 0.25) is 5.13 Å². The third kappa shape index (κ3) is 4.34. The molecule has 0 bridgehead atoms. The van der Waals surface area contributed by atoms with Crippen molar-refractivity contribution in [2.24, 2.45) is 5.10 Å². The zero-order chi connectivity index (χ0) is 17.9. The van der Waals surface area contributed by atoms with Gasteiger partial charge in [0.25, 0.3) is 0 Å². The van der Waals surface area contributed by atoms with E-state index in [2.05, 4.69) is 79.6 Å². The predicted octanol–water partition coefficient (Wildman–Crippen LogP) is 5.86. The lowest BCUT2D eigenvalue weighted by atomic mass is 9.87. The highest BCUT2D eigenvalue weighted by Crippen LogP contribution is 2.30. The van der Waals surface area contributed by atoms with Gasteiger partial charge in [-0.05, 0) is 23.5 Å². The van der Waals surface area contributed by atoms with Gasteiger partial charge in [-0.15, -0.1) is 11.3 Å². The molecule has 1 N–H and O–H groups in total. The predicted molar refractivity (Wildman–Crippen MR) is 109 cm³/mol. The number of hydrazone groups is 1. The quantitative estimate of drug-likeness (QED) is 0.473. The van der Waals surface area contributed by atoms with Crippen molar-refractivity contribution < 1.29 is 0 Å². The number of hydrogen-bond donors (Lipinski definition) is 1. The molecule has 0 aliphatic heterocycles. The van der Waals surface area contributed by atoms with Crippen LogP contribution in [0.4, 0.5) is 5.13 Å². The Morgan fingerprint density at radius 1 is 1.00 bits per heavy atom. The van der Waals surface area contributed by atoms with Crippen molar-refractivity contribution in [3.05, 3.63) is 70.6 Å². The number of aryl methyl sites for hydroxylation is 1. The fourth-order valence-corrected chi connectivity index (χ4v) is 3.32. The molecule has 3 rings (SSSR count). The van der Waals surface area contributed by atoms with Crippen LogP contribution in [0.2, 0.25) is 0 Å². The molecule has 0 radical (unpaired) electrons. The maximum Gasteiger partial charge on any atom is 0.204 e. The first-order valence-corrected chi connectivity index (χ1v) is 9.17. The van der Waals surface area contributed by atoms with Gasteiger partial charge in [-0.25, -0.2) is 4.98 Å². The molecule has 0 unspecified atom stereocenters. The number of anilines is 1. The van der Waals surface area contributed by atoms with E-state index in [1.807, 2.05) is 24.4 Å². The van der Waals surface area contributed by atoms with E-state index >= 15 is 0 Å². The van der Waals surface area contributed by atoms with E-state index in [1.54, 1.807) is 11.3 Å². The summed E-state index contributed by atoms with van der Waals surface area (Å²) in [6.07, 6.45) is 1.82. The lowest BCUT2D eigenvalue weighted by molar-refractivity contribution is 0.590. The Bertz CT molecular complexity index is 856. The topological polar surface area (TPSA) is 37.3 Å². The molecule has 0 spiro atoms. The SMILES string of the molecule is Cc1sc(N/N=C/c2ccc(C(C)(C)C)cc2)nc1-c1ccccc1. The van der Waals surface area contributed by atoms with E-state index in [1.165, 1.54) is 10.4 Å². The Kier molecular flexibility index (Phi) is 5.00. The highest BCUT2D eigenvalue weighted by molar-refractivity contribution is 7.15. The van der Waals surface area contributed by atoms with Crippen molar-refractivity contribution in [2.75, 3.05) is 5.43 Å². The first-order valence-electron chi connectivity index (χ1n) is 8.36. The molecule has 0 fully saturated rings. The summed E-state index contributed by atoms with van der Waals surface area (Å²) in [5.74, 6) is 0. The third-order valence-corrected chi connectivity index (χ3v) is 4.87. The second kappa shape index (κ2) is 7.19. The number of hydrogen-bond acceptors (Lipinski definition) is 4. The average Bonchev–Trinajstić information content (AvgIpc) is 2.96. The second-order valence-electron chi connectivity index (χ2n) is 7.03. The first-order chi connectivity index (χ1) is 11.9. The smallest absolute Gasteiger partial charge is 0.204 e. The summed E-state index contributed by atoms with van der Waals surface area (Å²) in [5.41, 5.74) is 7.74. The van der Waals surface area contributed by atoms with E-state index in [9.17, 15) is 0 Å². The van der Waals surface area contributed by atoms with Crippen molar-refractivity contribution in [1.82, 2.24) is 4.98 Å². The zero-order valence-electron chi connectivity index (χ0n) is 15.1. The Hall–Kier alpha value is -2.46. The summed E-state index contributed by atoms with van der Waals surface area (Å²) in [6, 6.07) is 18.7. The van der Waals surface area contributed by atoms with E-state index < -0.39 is 0 Å². The minimum Gasteiger partial charge on any atom is -0.253 e. The highest BCUT2D eigenvalue weighted by Gasteiger charge is 2.12. The van der Waals surface area contributed by atoms with Gasteiger partial charge in [-0.3, -0.25) is 5.43 Å². The van der Waals surface area contributed by atoms with Gasteiger partial charge in [-0.2, -0.15) is 5.10 Å². The van der Waals surface area contributed by atoms with Crippen LogP contribution in [-0.2, 0) is 5.41 Å². The molecule has 3 aromatic rings. The van der Waals surface area contributed by atoms with Gasteiger partial charge in [0.1, 0.15) is 0 Å². The van der Waals surface area contributed by atoms with Crippen LogP contribution < -0.4 is 5.43 Å². The summed E-state index contributed by atoms with van der Waals surface area (Å²) in [6.45, 7) is 8.73. The molecule has 2 aromatic carbocycles. The molecule has 128 valence electrons. The van der Waals surface area contributed by atoms with Crippen molar-refractivity contribution in [2.45, 2.75) is 33.1 Å². The lowest BCUT2D eigenvalue weighted by Gasteiger charge is -2.18. The molecule has 1 aromatic heterocycles. The number of benzene rings is 2. The fraction of sp³-hybridized carbons (Fsp3) is 0.238. The first kappa shape index (κ1) is 17.4. The molecule has 0 aliphatic carbocycles. The number of aromatic nitrogens is 1. The van der Waals surface area contributed by atoms with Crippen LogP contribution in [-0.4, -0.2) is 11.2 Å². The number of thiazole rings is 1. The largest absolute Gasteiger partial charge is 0.253 e. The molecule has 0 saturated heterocycles. The van der Waals surface area contributed by atoms with Crippen LogP contribution in [0.5, 0.6) is 0 Å². The molecule has 25 heavy (non-hydrogen) atoms. The Morgan fingerprint density at radius 2 is 1.68 bits per heavy atom. The van der Waals surface area contributed by atoms with Crippen LogP contribution in [0.25, 0.3) is 11.3 Å². The maximum absolute atomic E-state index is 4.65. The van der Waals surface area contributed by atoms with E-state index in [4.69, 9.17) is 0 Å². The standard InChI is InChI=1S/C21H23N3S/c1-15-19(17-8-6-5-7-9-17)23-20(25-15)24-22-14-16-10-12-18(13-11-16)21(2,3)4/h5-14H,1-4H3,(H,23,24)/b22-14+. The summed E-state index contributed by atoms with van der Waals surface area (Å²) >= 11 is 1.61. The summed E-state index contributed by atoms with van der Waals surface area (Å²) in [4.78, 5) is 5.83. The van der Waals surface area contributed by atoms with Gasteiger partial charge in [0.15, 0.2) is 0 Å². The van der Waals surface area contributed by atoms with Crippen LogP contribution >= 0.6 is 11.3 Å². The van der Waals surface area contributed by atoms with Crippen LogP contribution in [0.1, 0.15) is 36.8 Å². The zero-order valence-corrected chi connectivity index (χ0v) is 15.9. The molecule has 0 saturated carbocycles. The average molecular weight is 350 g/mol. The van der Waals surface area contributed by atoms with Crippen molar-refractivity contribution in [3.63, 3.8) is 0 Å². The Labute approximate surface area is 153 Å². The normalized spacial score (nSPS) is 11.8. The monoisotopic (exact) mass is 349 g/mol. The highest BCUT2D eigenvalue weighted by atomic mass is 32.1. The Balaban J connectivity index is 1.69. The van der Waals surface area contributed by atoms with Crippen LogP contribution in [0, 0.1) is 6.92 Å². The van der Waals surface area contributed by atoms with Gasteiger partial charge >= 0.3 is 0 Å². The molecule has 3 nitrogen and oxygen atoms in total. The van der Waals surface area contributed by atoms with Crippen LogP contribution in [0.15, 0.2) is 59.7 Å². The molecule has 0 amide bonds. The van der Waals surface area contributed by atoms with E-state index in [-0.39, 0.29) is 5.41 Å². The van der Waals surface area contributed by atoms with Crippen molar-refractivity contribution >= 4 is 22.7 Å². The molecular weight excluding hydrogens is 326 g/mol. The van der Waals surface area contributed by atoms with Gasteiger partial charge in [-0.1, -0.05) is 75.4 Å². The number of nitrogens with one attached hydrogen (secondary N) is 1. The number of rotatable bonds is 4. The summed E-state index contributed by atoms with van der Waals surface area (Å²) < 4.78 is 0. The van der Waals surface area contributed by atoms with Crippen molar-refractivity contribution in [3.8, 4) is 11.3 Å². The number of nitrogens with zero attached hydrogens (tertiary/aromatic N) is 2. The third-order valence-electron chi connectivity index (χ3n) is 3.99. The summed E-state index contributed by atoms with van der Waals surface area (Å²) in [7, 11) is 0. The summed E-state index contributed by atoms with van der Waals surface area (Å²) in [5, 5.41) is 5.13. The van der Waals surface area contributed by atoms with E-state index in [0.29, 0.717) is 0 Å². The minimum atomic E-state index is 0.167. The van der Waals surface area contributed by atoms with Gasteiger partial charge in [0.05, 0.1) is 11.9 Å². The van der Waals surface area contributed by atoms with Gasteiger partial charge < -0.3 is 0 Å². The molecule has 0 aliphatic rings. The fourth-order valence-electron chi connectivity index (χ4n) is 2.54. The lowest BCUT2D eigenvalue weighted by Crippen LogP contribution is -2.10.